The molecule has 0 aromatic heterocycles. The molecule has 4 aromatic carbocycles. The molecule has 0 aliphatic carbocycles. The number of amides is 2. The maximum absolute atomic E-state index is 13.5. The lowest BCUT2D eigenvalue weighted by Gasteiger charge is -2.26. The lowest BCUT2D eigenvalue weighted by atomic mass is 10.1. The third-order valence-corrected chi connectivity index (χ3v) is 10.8. The second-order valence-electron chi connectivity index (χ2n) is 14.4. The Morgan fingerprint density at radius 2 is 1.04 bits per heavy atom. The highest BCUT2D eigenvalue weighted by atomic mass is 19.1. The van der Waals surface area contributed by atoms with Gasteiger partial charge in [-0.15, -0.1) is 0 Å². The summed E-state index contributed by atoms with van der Waals surface area (Å²) in [5.74, 6) is 2.08. The fourth-order valence-electron chi connectivity index (χ4n) is 7.77. The van der Waals surface area contributed by atoms with Crippen LogP contribution in [0.5, 0.6) is 23.0 Å². The number of halogens is 1. The second kappa shape index (κ2) is 18.0. The number of carbonyl (C=O) groups is 2. The van der Waals surface area contributed by atoms with E-state index in [1.54, 1.807) is 30.1 Å². The number of methoxy groups -OCH3 is 2. The standard InChI is InChI=1S/C22H25FN2O3.C22H26N2O3/c1-27-20-8-7-18(14-21(20)28-12-11-24-9-3-2-4-10-24)25-15-16-5-6-17(23)13-19(16)22(25)26;1-26-20-10-9-18(24-16-17-7-3-4-8-19(17)22(24)25)15-21(20)27-14-13-23-11-5-2-6-12-23/h5-8,13-14H,2-4,9-12,15H2,1H3;3-4,7-10,15H,2,5-6,11-14,16H2,1H3. The van der Waals surface area contributed by atoms with Crippen molar-refractivity contribution in [2.45, 2.75) is 51.6 Å². The quantitative estimate of drug-likeness (QED) is 0.147. The number of anilines is 2. The summed E-state index contributed by atoms with van der Waals surface area (Å²) >= 11 is 0. The van der Waals surface area contributed by atoms with Crippen molar-refractivity contribution in [2.75, 3.05) is 76.5 Å². The average Bonchev–Trinajstić information content (AvgIpc) is 3.74. The molecule has 0 saturated carbocycles. The topological polar surface area (TPSA) is 84.0 Å². The number of fused-ring (bicyclic) bond motifs is 2. The van der Waals surface area contributed by atoms with Crippen LogP contribution in [0.1, 0.15) is 70.4 Å². The van der Waals surface area contributed by atoms with Crippen LogP contribution in [0.4, 0.5) is 15.8 Å². The van der Waals surface area contributed by atoms with Gasteiger partial charge in [-0.3, -0.25) is 19.4 Å². The molecule has 0 unspecified atom stereocenters. The van der Waals surface area contributed by atoms with Crippen LogP contribution < -0.4 is 28.7 Å². The number of nitrogens with zero attached hydrogens (tertiary/aromatic N) is 4. The van der Waals surface area contributed by atoms with E-state index in [0.29, 0.717) is 54.9 Å². The Bertz CT molecular complexity index is 1960. The summed E-state index contributed by atoms with van der Waals surface area (Å²) in [6.45, 7) is 8.55. The zero-order valence-corrected chi connectivity index (χ0v) is 31.9. The van der Waals surface area contributed by atoms with Crippen molar-refractivity contribution >= 4 is 23.2 Å². The highest BCUT2D eigenvalue weighted by Gasteiger charge is 2.30. The Morgan fingerprint density at radius 3 is 1.55 bits per heavy atom. The third-order valence-electron chi connectivity index (χ3n) is 10.8. The van der Waals surface area contributed by atoms with E-state index >= 15 is 0 Å². The molecule has 11 heteroatoms. The van der Waals surface area contributed by atoms with E-state index in [2.05, 4.69) is 9.80 Å². The van der Waals surface area contributed by atoms with Crippen LogP contribution in [0.25, 0.3) is 0 Å². The van der Waals surface area contributed by atoms with E-state index in [4.69, 9.17) is 18.9 Å². The Balaban J connectivity index is 0.000000169. The molecular formula is C44H51FN4O6. The Morgan fingerprint density at radius 1 is 0.545 bits per heavy atom. The number of hydrogen-bond donors (Lipinski definition) is 0. The van der Waals surface area contributed by atoms with Gasteiger partial charge in [0.1, 0.15) is 19.0 Å². The molecule has 0 radical (unpaired) electrons. The van der Waals surface area contributed by atoms with E-state index in [1.165, 1.54) is 50.7 Å². The number of benzene rings is 4. The van der Waals surface area contributed by atoms with Crippen LogP contribution in [-0.4, -0.2) is 88.3 Å². The zero-order valence-electron chi connectivity index (χ0n) is 31.9. The Hall–Kier alpha value is -5.13. The number of rotatable bonds is 12. The van der Waals surface area contributed by atoms with Gasteiger partial charge >= 0.3 is 0 Å². The molecule has 4 aliphatic rings. The molecule has 4 aromatic rings. The number of piperidine rings is 2. The van der Waals surface area contributed by atoms with Crippen molar-refractivity contribution in [2.24, 2.45) is 0 Å². The summed E-state index contributed by atoms with van der Waals surface area (Å²) < 4.78 is 36.4. The molecule has 2 amide bonds. The summed E-state index contributed by atoms with van der Waals surface area (Å²) in [6.07, 6.45) is 7.68. The predicted molar refractivity (Wildman–Crippen MR) is 211 cm³/mol. The fourth-order valence-corrected chi connectivity index (χ4v) is 7.77. The molecule has 10 nitrogen and oxygen atoms in total. The molecule has 0 atom stereocenters. The summed E-state index contributed by atoms with van der Waals surface area (Å²) in [4.78, 5) is 33.7. The van der Waals surface area contributed by atoms with Gasteiger partial charge in [-0.1, -0.05) is 37.1 Å². The average molecular weight is 751 g/mol. The molecule has 4 aliphatic heterocycles. The predicted octanol–water partition coefficient (Wildman–Crippen LogP) is 7.58. The first-order valence-electron chi connectivity index (χ1n) is 19.5. The van der Waals surface area contributed by atoms with Crippen molar-refractivity contribution < 1.29 is 32.9 Å². The van der Waals surface area contributed by atoms with Crippen molar-refractivity contribution in [3.05, 3.63) is 107 Å². The largest absolute Gasteiger partial charge is 0.493 e. The normalized spacial score (nSPS) is 17.0. The van der Waals surface area contributed by atoms with E-state index in [-0.39, 0.29) is 11.8 Å². The SMILES string of the molecule is COc1ccc(N2Cc3ccc(F)cc3C2=O)cc1OCCN1CCCCC1.COc1ccc(N2Cc3ccccc3C2=O)cc1OCCN1CCCCC1. The number of likely N-dealkylation sites (tertiary alicyclic amines) is 2. The fraction of sp³-hybridized carbons (Fsp3) is 0.409. The number of hydrogen-bond acceptors (Lipinski definition) is 8. The third kappa shape index (κ3) is 9.06. The van der Waals surface area contributed by atoms with Crippen LogP contribution in [-0.2, 0) is 13.1 Å². The highest BCUT2D eigenvalue weighted by Crippen LogP contribution is 2.37. The summed E-state index contributed by atoms with van der Waals surface area (Å²) in [5.41, 5.74) is 4.64. The van der Waals surface area contributed by atoms with Crippen LogP contribution in [0, 0.1) is 5.82 Å². The molecule has 2 saturated heterocycles. The Kier molecular flexibility index (Phi) is 12.5. The molecule has 290 valence electrons. The van der Waals surface area contributed by atoms with Gasteiger partial charge in [-0.25, -0.2) is 4.39 Å². The van der Waals surface area contributed by atoms with Crippen molar-refractivity contribution in [3.8, 4) is 23.0 Å². The minimum absolute atomic E-state index is 0.0371. The number of carbonyl (C=O) groups excluding carboxylic acids is 2. The van der Waals surface area contributed by atoms with E-state index in [9.17, 15) is 14.0 Å². The minimum Gasteiger partial charge on any atom is -0.493 e. The van der Waals surface area contributed by atoms with Gasteiger partial charge < -0.3 is 28.7 Å². The second-order valence-corrected chi connectivity index (χ2v) is 14.4. The summed E-state index contributed by atoms with van der Waals surface area (Å²) in [5, 5.41) is 0. The molecule has 4 heterocycles. The van der Waals surface area contributed by atoms with Crippen LogP contribution >= 0.6 is 0 Å². The lowest BCUT2D eigenvalue weighted by Crippen LogP contribution is -2.33. The molecule has 8 rings (SSSR count). The first kappa shape index (κ1) is 38.2. The first-order chi connectivity index (χ1) is 26.9. The van der Waals surface area contributed by atoms with Gasteiger partial charge in [0.2, 0.25) is 0 Å². The molecular weight excluding hydrogens is 700 g/mol. The van der Waals surface area contributed by atoms with E-state index < -0.39 is 5.82 Å². The van der Waals surface area contributed by atoms with Crippen molar-refractivity contribution in [3.63, 3.8) is 0 Å². The first-order valence-corrected chi connectivity index (χ1v) is 19.5. The maximum atomic E-state index is 13.5. The van der Waals surface area contributed by atoms with Gasteiger partial charge in [0.25, 0.3) is 11.8 Å². The van der Waals surface area contributed by atoms with Gasteiger partial charge in [-0.2, -0.15) is 0 Å². The molecule has 2 fully saturated rings. The molecule has 0 spiro atoms. The van der Waals surface area contributed by atoms with E-state index in [0.717, 1.165) is 67.3 Å². The summed E-state index contributed by atoms with van der Waals surface area (Å²) in [6, 6.07) is 23.3. The van der Waals surface area contributed by atoms with Crippen LogP contribution in [0.15, 0.2) is 78.9 Å². The molecule has 55 heavy (non-hydrogen) atoms. The van der Waals surface area contributed by atoms with Gasteiger partial charge in [-0.05, 0) is 105 Å². The smallest absolute Gasteiger partial charge is 0.259 e. The molecule has 0 N–H and O–H groups in total. The number of ether oxygens (including phenoxy) is 4. The highest BCUT2D eigenvalue weighted by molar-refractivity contribution is 6.10. The minimum atomic E-state index is -0.398. The summed E-state index contributed by atoms with van der Waals surface area (Å²) in [7, 11) is 3.25. The van der Waals surface area contributed by atoms with Crippen LogP contribution in [0.3, 0.4) is 0 Å². The lowest BCUT2D eigenvalue weighted by molar-refractivity contribution is 0.0988. The maximum Gasteiger partial charge on any atom is 0.259 e. The van der Waals surface area contributed by atoms with Crippen molar-refractivity contribution in [1.82, 2.24) is 9.80 Å². The molecule has 0 bridgehead atoms. The van der Waals surface area contributed by atoms with Crippen LogP contribution in [0.2, 0.25) is 0 Å². The monoisotopic (exact) mass is 750 g/mol. The van der Waals surface area contributed by atoms with Gasteiger partial charge in [0.15, 0.2) is 23.0 Å². The van der Waals surface area contributed by atoms with Gasteiger partial charge in [0.05, 0.1) is 27.3 Å². The van der Waals surface area contributed by atoms with Gasteiger partial charge in [0, 0.05) is 47.7 Å². The van der Waals surface area contributed by atoms with E-state index in [1.807, 2.05) is 60.7 Å². The van der Waals surface area contributed by atoms with Crippen molar-refractivity contribution in [1.29, 1.82) is 0 Å². The zero-order chi connectivity index (χ0) is 38.1. The Labute approximate surface area is 323 Å².